The fourth-order valence-electron chi connectivity index (χ4n) is 3.33. The number of carbonyl (C=O) groups excluding carboxylic acids is 2. The molecule has 0 aliphatic carbocycles. The number of nitrogens with zero attached hydrogens (tertiary/aromatic N) is 1. The number of amides is 2. The van der Waals surface area contributed by atoms with Crippen LogP contribution in [0.5, 0.6) is 0 Å². The Hall–Kier alpha value is -4.20. The Morgan fingerprint density at radius 1 is 0.909 bits per heavy atom. The first kappa shape index (κ1) is 23.5. The number of nitro benzene ring substituents is 1. The van der Waals surface area contributed by atoms with Crippen LogP contribution >= 0.6 is 0 Å². The van der Waals surface area contributed by atoms with Gasteiger partial charge < -0.3 is 15.4 Å². The molecule has 2 amide bonds. The first-order chi connectivity index (χ1) is 15.8. The summed E-state index contributed by atoms with van der Waals surface area (Å²) in [4.78, 5) is 36.0. The average Bonchev–Trinajstić information content (AvgIpc) is 2.80. The summed E-state index contributed by atoms with van der Waals surface area (Å²) in [5, 5.41) is 16.4. The van der Waals surface area contributed by atoms with Gasteiger partial charge in [0.25, 0.3) is 5.69 Å². The monoisotopic (exact) mass is 447 g/mol. The first-order valence-corrected chi connectivity index (χ1v) is 10.4. The third kappa shape index (κ3) is 6.64. The quantitative estimate of drug-likeness (QED) is 0.385. The minimum atomic E-state index is -0.950. The van der Waals surface area contributed by atoms with Crippen molar-refractivity contribution < 1.29 is 19.2 Å². The zero-order valence-corrected chi connectivity index (χ0v) is 18.4. The summed E-state index contributed by atoms with van der Waals surface area (Å²) < 4.78 is 5.28. The lowest BCUT2D eigenvalue weighted by molar-refractivity contribution is -0.384. The molecule has 0 heterocycles. The number of anilines is 1. The summed E-state index contributed by atoms with van der Waals surface area (Å²) in [5.74, 6) is -0.414. The van der Waals surface area contributed by atoms with Gasteiger partial charge >= 0.3 is 6.09 Å². The summed E-state index contributed by atoms with van der Waals surface area (Å²) in [7, 11) is 0. The molecule has 3 aromatic carbocycles. The van der Waals surface area contributed by atoms with Gasteiger partial charge in [-0.1, -0.05) is 60.7 Å². The number of carbonyl (C=O) groups is 2. The number of nitrogens with one attached hydrogen (secondary N) is 2. The van der Waals surface area contributed by atoms with E-state index in [0.29, 0.717) is 11.3 Å². The molecule has 8 heteroatoms. The highest BCUT2D eigenvalue weighted by Gasteiger charge is 2.23. The Morgan fingerprint density at radius 2 is 1.55 bits per heavy atom. The van der Waals surface area contributed by atoms with Gasteiger partial charge in [-0.2, -0.15) is 0 Å². The smallest absolute Gasteiger partial charge is 0.408 e. The zero-order valence-electron chi connectivity index (χ0n) is 18.4. The average molecular weight is 447 g/mol. The van der Waals surface area contributed by atoms with Crippen molar-refractivity contribution in [3.8, 4) is 0 Å². The lowest BCUT2D eigenvalue weighted by atomic mass is 10.0. The third-order valence-corrected chi connectivity index (χ3v) is 5.14. The minimum absolute atomic E-state index is 0.0504. The minimum Gasteiger partial charge on any atom is -0.445 e. The lowest BCUT2D eigenvalue weighted by Crippen LogP contribution is -2.45. The number of hydrogen-bond donors (Lipinski definition) is 2. The van der Waals surface area contributed by atoms with Crippen molar-refractivity contribution in [2.75, 3.05) is 5.32 Å². The van der Waals surface area contributed by atoms with Crippen molar-refractivity contribution in [1.82, 2.24) is 5.32 Å². The predicted octanol–water partition coefficient (Wildman–Crippen LogP) is 4.69. The van der Waals surface area contributed by atoms with E-state index in [0.717, 1.165) is 16.7 Å². The van der Waals surface area contributed by atoms with Crippen LogP contribution in [0.25, 0.3) is 0 Å². The van der Waals surface area contributed by atoms with E-state index in [1.54, 1.807) is 12.1 Å². The second kappa shape index (κ2) is 10.9. The molecular weight excluding hydrogens is 422 g/mol. The third-order valence-electron chi connectivity index (χ3n) is 5.14. The van der Waals surface area contributed by atoms with Crippen molar-refractivity contribution in [3.05, 3.63) is 105 Å². The Kier molecular flexibility index (Phi) is 7.75. The summed E-state index contributed by atoms with van der Waals surface area (Å²) in [5.41, 5.74) is 3.89. The number of nitro groups is 1. The molecule has 0 saturated heterocycles. The molecule has 8 nitrogen and oxygen atoms in total. The molecule has 2 N–H and O–H groups in total. The van der Waals surface area contributed by atoms with Gasteiger partial charge in [0.1, 0.15) is 12.6 Å². The van der Waals surface area contributed by atoms with Crippen LogP contribution in [0.2, 0.25) is 0 Å². The number of hydrogen-bond acceptors (Lipinski definition) is 5. The van der Waals surface area contributed by atoms with Gasteiger partial charge in [-0.25, -0.2) is 4.79 Å². The van der Waals surface area contributed by atoms with E-state index < -0.39 is 23.0 Å². The SMILES string of the molecule is Cc1cccc(C)c1NC(=O)[C@@H](Cc1ccc([N+](=O)[O-])cc1)NC(=O)OCc1ccccc1. The number of aryl methyl sites for hydroxylation is 2. The predicted molar refractivity (Wildman–Crippen MR) is 125 cm³/mol. The van der Waals surface area contributed by atoms with E-state index in [9.17, 15) is 19.7 Å². The molecule has 0 aliphatic rings. The van der Waals surface area contributed by atoms with Crippen LogP contribution in [0, 0.1) is 24.0 Å². The maximum atomic E-state index is 13.1. The van der Waals surface area contributed by atoms with Crippen LogP contribution in [-0.4, -0.2) is 23.0 Å². The number of alkyl carbamates (subject to hydrolysis) is 1. The van der Waals surface area contributed by atoms with Crippen LogP contribution in [0.3, 0.4) is 0 Å². The standard InChI is InChI=1S/C25H25N3O5/c1-17-7-6-8-18(2)23(17)27-24(29)22(15-19-11-13-21(14-12-19)28(31)32)26-25(30)33-16-20-9-4-3-5-10-20/h3-14,22H,15-16H2,1-2H3,(H,26,30)(H,27,29)/t22-/m1/s1. The summed E-state index contributed by atoms with van der Waals surface area (Å²) in [6.45, 7) is 3.83. The molecule has 33 heavy (non-hydrogen) atoms. The number of rotatable bonds is 8. The Bertz CT molecular complexity index is 1110. The van der Waals surface area contributed by atoms with Gasteiger partial charge in [-0.3, -0.25) is 14.9 Å². The number of ether oxygens (including phenoxy) is 1. The molecule has 0 spiro atoms. The van der Waals surface area contributed by atoms with Gasteiger partial charge in [0.2, 0.25) is 5.91 Å². The molecule has 0 bridgehead atoms. The Morgan fingerprint density at radius 3 is 2.15 bits per heavy atom. The fourth-order valence-corrected chi connectivity index (χ4v) is 3.33. The first-order valence-electron chi connectivity index (χ1n) is 10.4. The van der Waals surface area contributed by atoms with Gasteiger partial charge in [0, 0.05) is 24.2 Å². The van der Waals surface area contributed by atoms with Crippen LogP contribution in [0.1, 0.15) is 22.3 Å². The van der Waals surface area contributed by atoms with Gasteiger partial charge in [0.05, 0.1) is 4.92 Å². The number of para-hydroxylation sites is 1. The molecule has 1 atom stereocenters. The van der Waals surface area contributed by atoms with Gasteiger partial charge in [0.15, 0.2) is 0 Å². The Balaban J connectivity index is 1.75. The summed E-state index contributed by atoms with van der Waals surface area (Å²) >= 11 is 0. The largest absolute Gasteiger partial charge is 0.445 e. The van der Waals surface area contributed by atoms with Crippen LogP contribution in [0.4, 0.5) is 16.2 Å². The highest BCUT2D eigenvalue weighted by Crippen LogP contribution is 2.20. The fraction of sp³-hybridized carbons (Fsp3) is 0.200. The Labute approximate surface area is 191 Å². The van der Waals surface area contributed by atoms with E-state index in [1.807, 2.05) is 62.4 Å². The zero-order chi connectivity index (χ0) is 23.8. The highest BCUT2D eigenvalue weighted by atomic mass is 16.6. The number of benzene rings is 3. The second-order valence-corrected chi connectivity index (χ2v) is 7.64. The van der Waals surface area contributed by atoms with E-state index >= 15 is 0 Å². The van der Waals surface area contributed by atoms with Gasteiger partial charge in [-0.15, -0.1) is 0 Å². The second-order valence-electron chi connectivity index (χ2n) is 7.64. The highest BCUT2D eigenvalue weighted by molar-refractivity contribution is 5.97. The maximum absolute atomic E-state index is 13.1. The van der Waals surface area contributed by atoms with Crippen LogP contribution in [-0.2, 0) is 22.6 Å². The molecule has 3 rings (SSSR count). The van der Waals surface area contributed by atoms with Crippen molar-refractivity contribution in [2.24, 2.45) is 0 Å². The van der Waals surface area contributed by atoms with Gasteiger partial charge in [-0.05, 0) is 36.1 Å². The van der Waals surface area contributed by atoms with Crippen molar-refractivity contribution in [1.29, 1.82) is 0 Å². The van der Waals surface area contributed by atoms with E-state index in [2.05, 4.69) is 10.6 Å². The molecule has 3 aromatic rings. The molecule has 0 fully saturated rings. The molecule has 0 saturated carbocycles. The molecule has 0 aromatic heterocycles. The van der Waals surface area contributed by atoms with Crippen molar-refractivity contribution in [2.45, 2.75) is 32.9 Å². The van der Waals surface area contributed by atoms with Crippen molar-refractivity contribution in [3.63, 3.8) is 0 Å². The maximum Gasteiger partial charge on any atom is 0.408 e. The van der Waals surface area contributed by atoms with E-state index in [4.69, 9.17) is 4.74 Å². The summed E-state index contributed by atoms with van der Waals surface area (Å²) in [6.07, 6.45) is -0.600. The van der Waals surface area contributed by atoms with E-state index in [1.165, 1.54) is 12.1 Å². The molecule has 0 unspecified atom stereocenters. The molecule has 170 valence electrons. The molecule has 0 radical (unpaired) electrons. The normalized spacial score (nSPS) is 11.3. The van der Waals surface area contributed by atoms with Crippen LogP contribution < -0.4 is 10.6 Å². The number of non-ortho nitro benzene ring substituents is 1. The molecular formula is C25H25N3O5. The van der Waals surface area contributed by atoms with Crippen molar-refractivity contribution >= 4 is 23.4 Å². The molecule has 0 aliphatic heterocycles. The van der Waals surface area contributed by atoms with E-state index in [-0.39, 0.29) is 18.7 Å². The lowest BCUT2D eigenvalue weighted by Gasteiger charge is -2.20. The summed E-state index contributed by atoms with van der Waals surface area (Å²) in [6, 6.07) is 19.8. The van der Waals surface area contributed by atoms with Crippen LogP contribution in [0.15, 0.2) is 72.8 Å². The topological polar surface area (TPSA) is 111 Å².